The number of halogens is 2. The summed E-state index contributed by atoms with van der Waals surface area (Å²) in [5, 5.41) is 3.21. The van der Waals surface area contributed by atoms with Gasteiger partial charge in [-0.3, -0.25) is 4.79 Å². The Hall–Kier alpha value is -1.34. The van der Waals surface area contributed by atoms with Crippen molar-refractivity contribution in [1.29, 1.82) is 0 Å². The highest BCUT2D eigenvalue weighted by Gasteiger charge is 2.33. The molecule has 23 heavy (non-hydrogen) atoms. The van der Waals surface area contributed by atoms with E-state index in [1.807, 2.05) is 0 Å². The molecule has 128 valence electrons. The van der Waals surface area contributed by atoms with Crippen molar-refractivity contribution in [2.75, 3.05) is 13.7 Å². The van der Waals surface area contributed by atoms with Crippen LogP contribution in [0.5, 0.6) is 0 Å². The van der Waals surface area contributed by atoms with Crippen LogP contribution in [0.15, 0.2) is 24.3 Å². The first kappa shape index (κ1) is 19.7. The molecule has 0 aromatic heterocycles. The van der Waals surface area contributed by atoms with Crippen molar-refractivity contribution < 1.29 is 19.1 Å². The molecule has 0 radical (unpaired) electrons. The van der Waals surface area contributed by atoms with Gasteiger partial charge in [0.05, 0.1) is 13.2 Å². The molecule has 1 heterocycles. The third kappa shape index (κ3) is 5.07. The van der Waals surface area contributed by atoms with Crippen molar-refractivity contribution >= 4 is 35.9 Å². The van der Waals surface area contributed by atoms with Crippen molar-refractivity contribution in [2.24, 2.45) is 5.73 Å². The Bertz CT molecular complexity index is 539. The van der Waals surface area contributed by atoms with Gasteiger partial charge >= 0.3 is 5.97 Å². The van der Waals surface area contributed by atoms with E-state index in [0.717, 1.165) is 6.42 Å². The van der Waals surface area contributed by atoms with Crippen LogP contribution in [0, 0.1) is 0 Å². The molecule has 1 saturated heterocycles. The molecule has 3 atom stereocenters. The Morgan fingerprint density at radius 3 is 2.57 bits per heavy atom. The van der Waals surface area contributed by atoms with Crippen LogP contribution in [0.25, 0.3) is 0 Å². The van der Waals surface area contributed by atoms with E-state index in [0.29, 0.717) is 23.6 Å². The summed E-state index contributed by atoms with van der Waals surface area (Å²) in [6.07, 6.45) is 0.622. The number of benzene rings is 1. The summed E-state index contributed by atoms with van der Waals surface area (Å²) in [6, 6.07) is 5.74. The van der Waals surface area contributed by atoms with E-state index < -0.39 is 18.1 Å². The maximum atomic E-state index is 12.3. The summed E-state index contributed by atoms with van der Waals surface area (Å²) < 4.78 is 10.3. The zero-order valence-electron chi connectivity index (χ0n) is 12.7. The lowest BCUT2D eigenvalue weighted by Crippen LogP contribution is -2.41. The van der Waals surface area contributed by atoms with E-state index in [4.69, 9.17) is 26.8 Å². The van der Waals surface area contributed by atoms with Crippen LogP contribution in [0.3, 0.4) is 0 Å². The molecule has 0 spiro atoms. The molecule has 1 aliphatic rings. The lowest BCUT2D eigenvalue weighted by Gasteiger charge is -2.19. The summed E-state index contributed by atoms with van der Waals surface area (Å²) in [6.45, 7) is 0.376. The fourth-order valence-corrected chi connectivity index (χ4v) is 2.48. The van der Waals surface area contributed by atoms with Gasteiger partial charge in [0.2, 0.25) is 5.91 Å². The first-order valence-electron chi connectivity index (χ1n) is 7.04. The van der Waals surface area contributed by atoms with Crippen molar-refractivity contribution in [3.63, 3.8) is 0 Å². The Balaban J connectivity index is 0.00000264. The Morgan fingerprint density at radius 2 is 2.04 bits per heavy atom. The standard InChI is InChI=1S/C15H19ClN2O4.ClH/c1-21-15(20)13(9-2-4-10(16)5-3-9)18-14(19)12-7-6-11(8-17)22-12;/h2-5,11-13H,6-8,17H2,1H3,(H,18,19);1H/t11-,12+,13?;/m1./s1. The predicted octanol–water partition coefficient (Wildman–Crippen LogP) is 1.60. The van der Waals surface area contributed by atoms with E-state index in [1.54, 1.807) is 24.3 Å². The molecule has 1 aromatic rings. The molecule has 6 nitrogen and oxygen atoms in total. The highest BCUT2D eigenvalue weighted by atomic mass is 35.5. The van der Waals surface area contributed by atoms with E-state index in [1.165, 1.54) is 7.11 Å². The fourth-order valence-electron chi connectivity index (χ4n) is 2.36. The van der Waals surface area contributed by atoms with Gasteiger partial charge in [0.1, 0.15) is 6.10 Å². The van der Waals surface area contributed by atoms with E-state index in [-0.39, 0.29) is 24.4 Å². The van der Waals surface area contributed by atoms with Gasteiger partial charge in [-0.25, -0.2) is 4.79 Å². The fraction of sp³-hybridized carbons (Fsp3) is 0.467. The van der Waals surface area contributed by atoms with E-state index in [2.05, 4.69) is 5.32 Å². The third-order valence-electron chi connectivity index (χ3n) is 3.59. The summed E-state index contributed by atoms with van der Waals surface area (Å²) in [4.78, 5) is 24.2. The van der Waals surface area contributed by atoms with Crippen LogP contribution in [0.1, 0.15) is 24.4 Å². The average Bonchev–Trinajstić information content (AvgIpc) is 3.02. The quantitative estimate of drug-likeness (QED) is 0.776. The minimum Gasteiger partial charge on any atom is -0.467 e. The smallest absolute Gasteiger partial charge is 0.333 e. The Kier molecular flexibility index (Phi) is 7.78. The van der Waals surface area contributed by atoms with Crippen LogP contribution < -0.4 is 11.1 Å². The molecule has 0 saturated carbocycles. The number of hydrogen-bond acceptors (Lipinski definition) is 5. The molecule has 2 rings (SSSR count). The van der Waals surface area contributed by atoms with Gasteiger partial charge in [0, 0.05) is 11.6 Å². The van der Waals surface area contributed by atoms with Gasteiger partial charge in [-0.2, -0.15) is 0 Å². The van der Waals surface area contributed by atoms with Crippen LogP contribution in [0.4, 0.5) is 0 Å². The number of rotatable bonds is 5. The molecule has 0 aliphatic carbocycles. The molecule has 3 N–H and O–H groups in total. The van der Waals surface area contributed by atoms with Gasteiger partial charge in [-0.05, 0) is 30.5 Å². The van der Waals surface area contributed by atoms with Gasteiger partial charge in [-0.1, -0.05) is 23.7 Å². The highest BCUT2D eigenvalue weighted by molar-refractivity contribution is 6.30. The SMILES string of the molecule is COC(=O)C(NC(=O)[C@@H]1CC[C@H](CN)O1)c1ccc(Cl)cc1.Cl. The van der Waals surface area contributed by atoms with Crippen molar-refractivity contribution in [3.05, 3.63) is 34.9 Å². The minimum absolute atomic E-state index is 0. The lowest BCUT2D eigenvalue weighted by molar-refractivity contribution is -0.147. The molecule has 1 aliphatic heterocycles. The van der Waals surface area contributed by atoms with E-state index >= 15 is 0 Å². The average molecular weight is 363 g/mol. The van der Waals surface area contributed by atoms with Gasteiger partial charge < -0.3 is 20.5 Å². The number of nitrogens with one attached hydrogen (secondary N) is 1. The summed E-state index contributed by atoms with van der Waals surface area (Å²) in [5.41, 5.74) is 6.12. The number of carbonyl (C=O) groups excluding carboxylic acids is 2. The monoisotopic (exact) mass is 362 g/mol. The van der Waals surface area contributed by atoms with Gasteiger partial charge in [-0.15, -0.1) is 12.4 Å². The van der Waals surface area contributed by atoms with Crippen molar-refractivity contribution in [2.45, 2.75) is 31.1 Å². The zero-order chi connectivity index (χ0) is 16.1. The number of hydrogen-bond donors (Lipinski definition) is 2. The van der Waals surface area contributed by atoms with Gasteiger partial charge in [0.25, 0.3) is 0 Å². The second-order valence-electron chi connectivity index (χ2n) is 5.08. The van der Waals surface area contributed by atoms with Crippen molar-refractivity contribution in [1.82, 2.24) is 5.32 Å². The summed E-state index contributed by atoms with van der Waals surface area (Å²) >= 11 is 5.84. The summed E-state index contributed by atoms with van der Waals surface area (Å²) in [5.74, 6) is -0.898. The Labute approximate surface area is 146 Å². The summed E-state index contributed by atoms with van der Waals surface area (Å²) in [7, 11) is 1.27. The van der Waals surface area contributed by atoms with Crippen LogP contribution in [0.2, 0.25) is 5.02 Å². The predicted molar refractivity (Wildman–Crippen MR) is 88.5 cm³/mol. The zero-order valence-corrected chi connectivity index (χ0v) is 14.2. The number of esters is 1. The number of nitrogens with two attached hydrogens (primary N) is 1. The molecule has 1 unspecified atom stereocenters. The first-order valence-corrected chi connectivity index (χ1v) is 7.42. The maximum Gasteiger partial charge on any atom is 0.333 e. The normalized spacial score (nSPS) is 21.2. The molecular formula is C15H20Cl2N2O4. The second kappa shape index (κ2) is 9.08. The van der Waals surface area contributed by atoms with Crippen molar-refractivity contribution in [3.8, 4) is 0 Å². The van der Waals surface area contributed by atoms with E-state index in [9.17, 15) is 9.59 Å². The maximum absolute atomic E-state index is 12.3. The molecule has 8 heteroatoms. The third-order valence-corrected chi connectivity index (χ3v) is 3.84. The van der Waals surface area contributed by atoms with Crippen LogP contribution >= 0.6 is 24.0 Å². The number of amides is 1. The molecule has 1 aromatic carbocycles. The van der Waals surface area contributed by atoms with Crippen LogP contribution in [-0.2, 0) is 19.1 Å². The number of ether oxygens (including phenoxy) is 2. The Morgan fingerprint density at radius 1 is 1.39 bits per heavy atom. The first-order chi connectivity index (χ1) is 10.5. The second-order valence-corrected chi connectivity index (χ2v) is 5.51. The van der Waals surface area contributed by atoms with Crippen LogP contribution in [-0.4, -0.2) is 37.7 Å². The molecular weight excluding hydrogens is 343 g/mol. The molecule has 0 bridgehead atoms. The topological polar surface area (TPSA) is 90.7 Å². The van der Waals surface area contributed by atoms with Gasteiger partial charge in [0.15, 0.2) is 6.04 Å². The lowest BCUT2D eigenvalue weighted by atomic mass is 10.1. The minimum atomic E-state index is -0.893. The number of carbonyl (C=O) groups is 2. The highest BCUT2D eigenvalue weighted by Crippen LogP contribution is 2.22. The molecule has 1 amide bonds. The largest absolute Gasteiger partial charge is 0.467 e. The molecule has 1 fully saturated rings. The number of methoxy groups -OCH3 is 1.